The first-order valence-corrected chi connectivity index (χ1v) is 16.0. The zero-order valence-corrected chi connectivity index (χ0v) is 26.7. The number of amides is 2. The smallest absolute Gasteiger partial charge is 0.264 e. The van der Waals surface area contributed by atoms with E-state index in [1.165, 1.54) is 48.4 Å². The second-order valence-electron chi connectivity index (χ2n) is 9.49. The van der Waals surface area contributed by atoms with E-state index < -0.39 is 28.5 Å². The van der Waals surface area contributed by atoms with Crippen LogP contribution in [0.5, 0.6) is 5.75 Å². The minimum Gasteiger partial charge on any atom is -0.497 e. The van der Waals surface area contributed by atoms with Crippen LogP contribution in [0.15, 0.2) is 71.6 Å². The van der Waals surface area contributed by atoms with Crippen molar-refractivity contribution in [1.82, 2.24) is 10.2 Å². The predicted octanol–water partition coefficient (Wildman–Crippen LogP) is 6.57. The van der Waals surface area contributed by atoms with Gasteiger partial charge in [-0.1, -0.05) is 61.1 Å². The maximum absolute atomic E-state index is 14.1. The van der Waals surface area contributed by atoms with Gasteiger partial charge in [-0.15, -0.1) is 0 Å². The SMILES string of the molecule is CCCCNC(=O)[C@@H](CC)N(Cc1ccc(Cl)cc1Cl)C(=O)CN(c1ccc(Cl)cc1)S(=O)(=O)c1ccc(OC)cc1. The average molecular weight is 655 g/mol. The van der Waals surface area contributed by atoms with Crippen LogP contribution >= 0.6 is 34.8 Å². The normalized spacial score (nSPS) is 12.0. The number of ether oxygens (including phenoxy) is 1. The highest BCUT2D eigenvalue weighted by molar-refractivity contribution is 7.92. The zero-order chi connectivity index (χ0) is 30.9. The van der Waals surface area contributed by atoms with Crippen LogP contribution in [-0.4, -0.2) is 51.4 Å². The summed E-state index contributed by atoms with van der Waals surface area (Å²) in [5, 5.41) is 4.04. The Hall–Kier alpha value is -2.98. The molecule has 0 aliphatic carbocycles. The number of anilines is 1. The molecule has 0 heterocycles. The molecule has 0 saturated carbocycles. The molecule has 2 amide bonds. The number of carbonyl (C=O) groups excluding carboxylic acids is 2. The fourth-order valence-electron chi connectivity index (χ4n) is 4.27. The van der Waals surface area contributed by atoms with Gasteiger partial charge in [0.2, 0.25) is 11.8 Å². The largest absolute Gasteiger partial charge is 0.497 e. The van der Waals surface area contributed by atoms with Crippen LogP contribution in [0.3, 0.4) is 0 Å². The lowest BCUT2D eigenvalue weighted by Gasteiger charge is -2.33. The molecule has 226 valence electrons. The first-order valence-electron chi connectivity index (χ1n) is 13.4. The first-order chi connectivity index (χ1) is 20.0. The molecule has 12 heteroatoms. The van der Waals surface area contributed by atoms with Crippen molar-refractivity contribution < 1.29 is 22.7 Å². The number of unbranched alkanes of at least 4 members (excludes halogenated alkanes) is 1. The summed E-state index contributed by atoms with van der Waals surface area (Å²) >= 11 is 18.6. The van der Waals surface area contributed by atoms with E-state index in [-0.39, 0.29) is 23.0 Å². The monoisotopic (exact) mass is 653 g/mol. The number of hydrogen-bond donors (Lipinski definition) is 1. The lowest BCUT2D eigenvalue weighted by Crippen LogP contribution is -2.52. The summed E-state index contributed by atoms with van der Waals surface area (Å²) in [5.41, 5.74) is 0.791. The Balaban J connectivity index is 2.05. The molecule has 1 atom stereocenters. The second kappa shape index (κ2) is 15.5. The summed E-state index contributed by atoms with van der Waals surface area (Å²) in [6, 6.07) is 16.0. The van der Waals surface area contributed by atoms with Crippen molar-refractivity contribution in [3.63, 3.8) is 0 Å². The van der Waals surface area contributed by atoms with Gasteiger partial charge in [-0.3, -0.25) is 13.9 Å². The molecule has 0 radical (unpaired) electrons. The molecule has 0 bridgehead atoms. The Morgan fingerprint density at radius 1 is 0.929 bits per heavy atom. The van der Waals surface area contributed by atoms with Gasteiger partial charge in [-0.2, -0.15) is 0 Å². The third-order valence-electron chi connectivity index (χ3n) is 6.61. The highest BCUT2D eigenvalue weighted by Gasteiger charge is 2.34. The molecule has 0 aromatic heterocycles. The standard InChI is InChI=1S/C30H34Cl3N3O5S/c1-4-6-17-34-30(38)28(5-2)35(19-21-7-8-23(32)18-27(21)33)29(37)20-36(24-11-9-22(31)10-12-24)42(39,40)26-15-13-25(41-3)14-16-26/h7-16,18,28H,4-6,17,19-20H2,1-3H3,(H,34,38)/t28-/m1/s1. The Morgan fingerprint density at radius 3 is 2.14 bits per heavy atom. The van der Waals surface area contributed by atoms with Gasteiger partial charge in [0, 0.05) is 28.2 Å². The molecule has 0 fully saturated rings. The number of methoxy groups -OCH3 is 1. The maximum atomic E-state index is 14.1. The van der Waals surface area contributed by atoms with E-state index in [4.69, 9.17) is 39.5 Å². The molecule has 0 unspecified atom stereocenters. The third kappa shape index (κ3) is 8.53. The number of halogens is 3. The highest BCUT2D eigenvalue weighted by atomic mass is 35.5. The van der Waals surface area contributed by atoms with Crippen molar-refractivity contribution in [3.05, 3.63) is 87.4 Å². The van der Waals surface area contributed by atoms with Crippen molar-refractivity contribution >= 4 is 62.3 Å². The molecule has 0 aliphatic rings. The van der Waals surface area contributed by atoms with Crippen molar-refractivity contribution in [3.8, 4) is 5.75 Å². The lowest BCUT2D eigenvalue weighted by molar-refractivity contribution is -0.140. The van der Waals surface area contributed by atoms with Gasteiger partial charge in [0.05, 0.1) is 17.7 Å². The molecule has 3 aromatic carbocycles. The lowest BCUT2D eigenvalue weighted by atomic mass is 10.1. The number of nitrogens with one attached hydrogen (secondary N) is 1. The molecule has 0 spiro atoms. The summed E-state index contributed by atoms with van der Waals surface area (Å²) in [5.74, 6) is -0.444. The van der Waals surface area contributed by atoms with E-state index in [0.29, 0.717) is 39.3 Å². The van der Waals surface area contributed by atoms with Crippen molar-refractivity contribution in [2.24, 2.45) is 0 Å². The number of benzene rings is 3. The molecule has 3 rings (SSSR count). The summed E-state index contributed by atoms with van der Waals surface area (Å²) in [4.78, 5) is 28.7. The van der Waals surface area contributed by atoms with Crippen LogP contribution in [0.2, 0.25) is 15.1 Å². The molecule has 0 aliphatic heterocycles. The fourth-order valence-corrected chi connectivity index (χ4v) is 6.28. The van der Waals surface area contributed by atoms with Crippen LogP contribution in [0.25, 0.3) is 0 Å². The van der Waals surface area contributed by atoms with Gasteiger partial charge >= 0.3 is 0 Å². The fraction of sp³-hybridized carbons (Fsp3) is 0.333. The summed E-state index contributed by atoms with van der Waals surface area (Å²) < 4.78 is 34.0. The molecule has 3 aromatic rings. The molecule has 42 heavy (non-hydrogen) atoms. The molecule has 1 N–H and O–H groups in total. The van der Waals surface area contributed by atoms with Gasteiger partial charge in [-0.25, -0.2) is 8.42 Å². The van der Waals surface area contributed by atoms with Gasteiger partial charge in [-0.05, 0) is 79.1 Å². The number of rotatable bonds is 14. The summed E-state index contributed by atoms with van der Waals surface area (Å²) in [6.07, 6.45) is 1.96. The van der Waals surface area contributed by atoms with Crippen LogP contribution in [0, 0.1) is 0 Å². The summed E-state index contributed by atoms with van der Waals surface area (Å²) in [6.45, 7) is 3.64. The topological polar surface area (TPSA) is 96.0 Å². The Morgan fingerprint density at radius 2 is 1.57 bits per heavy atom. The Bertz CT molecular complexity index is 1470. The third-order valence-corrected chi connectivity index (χ3v) is 9.24. The minimum atomic E-state index is -4.23. The molecular weight excluding hydrogens is 621 g/mol. The quantitative estimate of drug-likeness (QED) is 0.198. The van der Waals surface area contributed by atoms with E-state index in [1.807, 2.05) is 6.92 Å². The highest BCUT2D eigenvalue weighted by Crippen LogP contribution is 2.28. The van der Waals surface area contributed by atoms with Crippen LogP contribution < -0.4 is 14.4 Å². The molecule has 8 nitrogen and oxygen atoms in total. The Kier molecular flexibility index (Phi) is 12.4. The number of hydrogen-bond acceptors (Lipinski definition) is 5. The second-order valence-corrected chi connectivity index (χ2v) is 12.6. The van der Waals surface area contributed by atoms with E-state index in [0.717, 1.165) is 17.1 Å². The van der Waals surface area contributed by atoms with Gasteiger partial charge in [0.15, 0.2) is 0 Å². The van der Waals surface area contributed by atoms with E-state index >= 15 is 0 Å². The van der Waals surface area contributed by atoms with Crippen molar-refractivity contribution in [2.75, 3.05) is 24.5 Å². The van der Waals surface area contributed by atoms with Crippen molar-refractivity contribution in [2.45, 2.75) is 50.6 Å². The van der Waals surface area contributed by atoms with Crippen molar-refractivity contribution in [1.29, 1.82) is 0 Å². The van der Waals surface area contributed by atoms with E-state index in [9.17, 15) is 18.0 Å². The molecular formula is C30H34Cl3N3O5S. The first kappa shape index (κ1) is 33.5. The maximum Gasteiger partial charge on any atom is 0.264 e. The minimum absolute atomic E-state index is 0.0361. The predicted molar refractivity (Wildman–Crippen MR) is 168 cm³/mol. The van der Waals surface area contributed by atoms with Crippen LogP contribution in [0.4, 0.5) is 5.69 Å². The average Bonchev–Trinajstić information content (AvgIpc) is 2.97. The number of sulfonamides is 1. The van der Waals surface area contributed by atoms with Gasteiger partial charge < -0.3 is 15.0 Å². The van der Waals surface area contributed by atoms with Crippen LogP contribution in [-0.2, 0) is 26.2 Å². The van der Waals surface area contributed by atoms with Gasteiger partial charge in [0.25, 0.3) is 10.0 Å². The zero-order valence-electron chi connectivity index (χ0n) is 23.6. The van der Waals surface area contributed by atoms with Gasteiger partial charge in [0.1, 0.15) is 18.3 Å². The van der Waals surface area contributed by atoms with E-state index in [2.05, 4.69) is 5.32 Å². The Labute approximate surface area is 262 Å². The number of nitrogens with zero attached hydrogens (tertiary/aromatic N) is 2. The van der Waals surface area contributed by atoms with Crippen LogP contribution in [0.1, 0.15) is 38.7 Å². The summed E-state index contributed by atoms with van der Waals surface area (Å²) in [7, 11) is -2.76. The van der Waals surface area contributed by atoms with E-state index in [1.54, 1.807) is 37.3 Å². The number of carbonyl (C=O) groups is 2. The molecule has 0 saturated heterocycles.